The Morgan fingerprint density at radius 2 is 1.78 bits per heavy atom. The normalized spacial score (nSPS) is 17.6. The van der Waals surface area contributed by atoms with Crippen LogP contribution in [0.4, 0.5) is 5.69 Å². The third-order valence-electron chi connectivity index (χ3n) is 5.49. The summed E-state index contributed by atoms with van der Waals surface area (Å²) in [6.07, 6.45) is 9.53. The average Bonchev–Trinajstić information content (AvgIpc) is 2.93. The zero-order valence-corrected chi connectivity index (χ0v) is 16.9. The summed E-state index contributed by atoms with van der Waals surface area (Å²) in [7, 11) is 0. The van der Waals surface area contributed by atoms with E-state index in [-0.39, 0.29) is 24.2 Å². The Morgan fingerprint density at radius 3 is 2.56 bits per heavy atom. The largest absolute Gasteiger partial charge is 0.355 e. The van der Waals surface area contributed by atoms with Gasteiger partial charge in [0.2, 0.25) is 11.8 Å². The molecule has 0 spiro atoms. The average molecular weight is 394 g/mol. The minimum atomic E-state index is 0. The molecule has 6 heteroatoms. The Bertz CT molecular complexity index is 615. The molecule has 1 saturated carbocycles. The topological polar surface area (TPSA) is 61.4 Å². The number of amides is 2. The van der Waals surface area contributed by atoms with Crippen molar-refractivity contribution in [2.45, 2.75) is 63.8 Å². The summed E-state index contributed by atoms with van der Waals surface area (Å²) in [5.74, 6) is 0.134. The molecule has 0 unspecified atom stereocenters. The molecular weight excluding hydrogens is 362 g/mol. The fraction of sp³-hybridized carbons (Fsp3) is 0.619. The first-order valence-corrected chi connectivity index (χ1v) is 10.1. The predicted octanol–water partition coefficient (Wildman–Crippen LogP) is 3.21. The predicted molar refractivity (Wildman–Crippen MR) is 111 cm³/mol. The van der Waals surface area contributed by atoms with E-state index in [1.807, 2.05) is 18.2 Å². The first-order valence-electron chi connectivity index (χ1n) is 10.1. The zero-order chi connectivity index (χ0) is 18.2. The van der Waals surface area contributed by atoms with Crippen LogP contribution in [0.3, 0.4) is 0 Å². The van der Waals surface area contributed by atoms with Crippen molar-refractivity contribution in [2.75, 3.05) is 24.5 Å². The molecule has 1 aliphatic heterocycles. The second kappa shape index (κ2) is 11.3. The van der Waals surface area contributed by atoms with Crippen molar-refractivity contribution >= 4 is 29.9 Å². The van der Waals surface area contributed by atoms with E-state index < -0.39 is 0 Å². The number of carbonyl (C=O) groups excluding carboxylic acids is 2. The molecule has 1 aromatic carbocycles. The molecule has 1 aliphatic carbocycles. The number of hydrogen-bond acceptors (Lipinski definition) is 3. The maximum Gasteiger partial charge on any atom is 0.227 e. The van der Waals surface area contributed by atoms with Gasteiger partial charge in [0.1, 0.15) is 0 Å². The highest BCUT2D eigenvalue weighted by Crippen LogP contribution is 2.27. The minimum Gasteiger partial charge on any atom is -0.355 e. The number of nitrogens with zero attached hydrogens (tertiary/aromatic N) is 1. The van der Waals surface area contributed by atoms with Crippen molar-refractivity contribution < 1.29 is 9.59 Å². The Morgan fingerprint density at radius 1 is 1.04 bits per heavy atom. The maximum absolute atomic E-state index is 12.2. The van der Waals surface area contributed by atoms with Gasteiger partial charge in [-0.3, -0.25) is 9.59 Å². The van der Waals surface area contributed by atoms with Crippen LogP contribution in [0.5, 0.6) is 0 Å². The van der Waals surface area contributed by atoms with Crippen LogP contribution in [0, 0.1) is 0 Å². The van der Waals surface area contributed by atoms with E-state index in [4.69, 9.17) is 0 Å². The molecule has 150 valence electrons. The Kier molecular flexibility index (Phi) is 9.08. The number of carbonyl (C=O) groups is 2. The van der Waals surface area contributed by atoms with Gasteiger partial charge in [0.05, 0.1) is 0 Å². The van der Waals surface area contributed by atoms with Crippen molar-refractivity contribution in [1.82, 2.24) is 10.6 Å². The van der Waals surface area contributed by atoms with Crippen LogP contribution in [-0.4, -0.2) is 37.5 Å². The SMILES string of the molecule is Cl.O=C(CCN1C(=O)CCc2ccccc21)NCCNC1CCCCCC1. The van der Waals surface area contributed by atoms with Gasteiger partial charge in [-0.1, -0.05) is 43.9 Å². The fourth-order valence-electron chi connectivity index (χ4n) is 4.01. The Balaban J connectivity index is 0.00000261. The summed E-state index contributed by atoms with van der Waals surface area (Å²) in [6.45, 7) is 1.93. The van der Waals surface area contributed by atoms with E-state index >= 15 is 0 Å². The van der Waals surface area contributed by atoms with Gasteiger partial charge in [-0.15, -0.1) is 12.4 Å². The number of rotatable bonds is 7. The molecule has 27 heavy (non-hydrogen) atoms. The van der Waals surface area contributed by atoms with Crippen LogP contribution in [0.1, 0.15) is 56.9 Å². The lowest BCUT2D eigenvalue weighted by atomic mass is 10.0. The van der Waals surface area contributed by atoms with E-state index in [9.17, 15) is 9.59 Å². The maximum atomic E-state index is 12.2. The molecule has 0 saturated heterocycles. The quantitative estimate of drug-likeness (QED) is 0.552. The van der Waals surface area contributed by atoms with Gasteiger partial charge in [0, 0.05) is 44.2 Å². The molecule has 0 radical (unpaired) electrons. The van der Waals surface area contributed by atoms with Gasteiger partial charge in [0.25, 0.3) is 0 Å². The van der Waals surface area contributed by atoms with E-state index in [1.165, 1.54) is 44.1 Å². The van der Waals surface area contributed by atoms with E-state index in [2.05, 4.69) is 16.7 Å². The van der Waals surface area contributed by atoms with Gasteiger partial charge in [-0.05, 0) is 30.9 Å². The molecule has 0 aromatic heterocycles. The zero-order valence-electron chi connectivity index (χ0n) is 16.0. The monoisotopic (exact) mass is 393 g/mol. The first kappa shape index (κ1) is 21.7. The molecule has 2 aliphatic rings. The number of para-hydroxylation sites is 1. The molecule has 3 rings (SSSR count). The lowest BCUT2D eigenvalue weighted by molar-refractivity contribution is -0.121. The molecule has 2 N–H and O–H groups in total. The van der Waals surface area contributed by atoms with Crippen LogP contribution in [0.2, 0.25) is 0 Å². The number of aryl methyl sites for hydroxylation is 1. The molecule has 1 heterocycles. The smallest absolute Gasteiger partial charge is 0.227 e. The van der Waals surface area contributed by atoms with Gasteiger partial charge in [-0.25, -0.2) is 0 Å². The molecule has 1 fully saturated rings. The summed E-state index contributed by atoms with van der Waals surface area (Å²) >= 11 is 0. The summed E-state index contributed by atoms with van der Waals surface area (Å²) in [4.78, 5) is 26.1. The lowest BCUT2D eigenvalue weighted by Crippen LogP contribution is -2.40. The van der Waals surface area contributed by atoms with Crippen LogP contribution in [0.25, 0.3) is 0 Å². The van der Waals surface area contributed by atoms with Gasteiger partial charge >= 0.3 is 0 Å². The third kappa shape index (κ3) is 6.51. The number of hydrogen-bond donors (Lipinski definition) is 2. The molecule has 2 amide bonds. The van der Waals surface area contributed by atoms with E-state index in [0.29, 0.717) is 32.0 Å². The number of anilines is 1. The molecule has 5 nitrogen and oxygen atoms in total. The fourth-order valence-corrected chi connectivity index (χ4v) is 4.01. The standard InChI is InChI=1S/C21H31N3O2.ClH/c25-20(23-15-14-22-18-8-3-1-2-4-9-18)13-16-24-19-10-6-5-7-17(19)11-12-21(24)26;/h5-7,10,18,22H,1-4,8-9,11-16H2,(H,23,25);1H. The first-order chi connectivity index (χ1) is 12.7. The second-order valence-electron chi connectivity index (χ2n) is 7.42. The summed E-state index contributed by atoms with van der Waals surface area (Å²) < 4.78 is 0. The Hall–Kier alpha value is -1.59. The van der Waals surface area contributed by atoms with E-state index in [0.717, 1.165) is 18.7 Å². The van der Waals surface area contributed by atoms with Gasteiger partial charge in [0.15, 0.2) is 0 Å². The molecule has 0 atom stereocenters. The van der Waals surface area contributed by atoms with E-state index in [1.54, 1.807) is 4.90 Å². The highest BCUT2D eigenvalue weighted by molar-refractivity contribution is 5.96. The van der Waals surface area contributed by atoms with Crippen LogP contribution >= 0.6 is 12.4 Å². The van der Waals surface area contributed by atoms with Crippen LogP contribution < -0.4 is 15.5 Å². The molecular formula is C21H32ClN3O2. The molecule has 1 aromatic rings. The van der Waals surface area contributed by atoms with Gasteiger partial charge < -0.3 is 15.5 Å². The minimum absolute atomic E-state index is 0. The summed E-state index contributed by atoms with van der Waals surface area (Å²) in [5, 5.41) is 6.54. The van der Waals surface area contributed by atoms with Crippen molar-refractivity contribution in [3.8, 4) is 0 Å². The lowest BCUT2D eigenvalue weighted by Gasteiger charge is -2.29. The second-order valence-corrected chi connectivity index (χ2v) is 7.42. The van der Waals surface area contributed by atoms with Crippen molar-refractivity contribution in [3.63, 3.8) is 0 Å². The third-order valence-corrected chi connectivity index (χ3v) is 5.49. The highest BCUT2D eigenvalue weighted by Gasteiger charge is 2.23. The van der Waals surface area contributed by atoms with Crippen LogP contribution in [0.15, 0.2) is 24.3 Å². The van der Waals surface area contributed by atoms with Crippen molar-refractivity contribution in [3.05, 3.63) is 29.8 Å². The number of halogens is 1. The highest BCUT2D eigenvalue weighted by atomic mass is 35.5. The summed E-state index contributed by atoms with van der Waals surface area (Å²) in [5.41, 5.74) is 2.16. The number of nitrogens with one attached hydrogen (secondary N) is 2. The van der Waals surface area contributed by atoms with Gasteiger partial charge in [-0.2, -0.15) is 0 Å². The number of fused-ring (bicyclic) bond motifs is 1. The number of benzene rings is 1. The Labute approximate surface area is 168 Å². The molecule has 0 bridgehead atoms. The van der Waals surface area contributed by atoms with Crippen LogP contribution in [-0.2, 0) is 16.0 Å². The van der Waals surface area contributed by atoms with Crippen molar-refractivity contribution in [1.29, 1.82) is 0 Å². The summed E-state index contributed by atoms with van der Waals surface area (Å²) in [6, 6.07) is 8.59. The van der Waals surface area contributed by atoms with Crippen molar-refractivity contribution in [2.24, 2.45) is 0 Å².